The van der Waals surface area contributed by atoms with Crippen LogP contribution in [0.3, 0.4) is 0 Å². The van der Waals surface area contributed by atoms with E-state index in [0.29, 0.717) is 6.54 Å². The molecule has 0 fully saturated rings. The van der Waals surface area contributed by atoms with Crippen molar-refractivity contribution in [1.29, 1.82) is 0 Å². The molecular formula is C75H55N3O2. The van der Waals surface area contributed by atoms with Crippen LogP contribution in [0.5, 0.6) is 0 Å². The Bertz CT molecular complexity index is 4960. The van der Waals surface area contributed by atoms with Crippen LogP contribution in [0.25, 0.3) is 104 Å². The van der Waals surface area contributed by atoms with Crippen LogP contribution in [-0.4, -0.2) is 6.54 Å². The van der Waals surface area contributed by atoms with Crippen LogP contribution in [0.15, 0.2) is 246 Å². The minimum absolute atomic E-state index is 0.283. The number of rotatable bonds is 6. The summed E-state index contributed by atoms with van der Waals surface area (Å²) >= 11 is 0. The maximum atomic E-state index is 7.44. The molecule has 5 nitrogen and oxygen atoms in total. The number of aryl methyl sites for hydroxylation is 1. The highest BCUT2D eigenvalue weighted by molar-refractivity contribution is 6.35. The molecule has 80 heavy (non-hydrogen) atoms. The molecule has 382 valence electrons. The van der Waals surface area contributed by atoms with E-state index in [1.807, 2.05) is 0 Å². The highest BCUT2D eigenvalue weighted by Crippen LogP contribution is 2.53. The summed E-state index contributed by atoms with van der Waals surface area (Å²) in [5.74, 6) is 0. The van der Waals surface area contributed by atoms with Gasteiger partial charge >= 0.3 is 0 Å². The number of furan rings is 2. The zero-order valence-electron chi connectivity index (χ0n) is 45.1. The van der Waals surface area contributed by atoms with Crippen LogP contribution in [0.2, 0.25) is 0 Å². The average Bonchev–Trinajstić information content (AvgIpc) is 4.04. The first-order chi connectivity index (χ1) is 39.2. The summed E-state index contributed by atoms with van der Waals surface area (Å²) in [6.07, 6.45) is 6.74. The number of para-hydroxylation sites is 3. The van der Waals surface area contributed by atoms with Gasteiger partial charge in [0.15, 0.2) is 5.58 Å². The van der Waals surface area contributed by atoms with Gasteiger partial charge in [0.25, 0.3) is 0 Å². The minimum Gasteiger partial charge on any atom is -0.455 e. The second-order valence-corrected chi connectivity index (χ2v) is 22.9. The predicted molar refractivity (Wildman–Crippen MR) is 338 cm³/mol. The van der Waals surface area contributed by atoms with Crippen LogP contribution >= 0.6 is 0 Å². The van der Waals surface area contributed by atoms with E-state index in [0.717, 1.165) is 106 Å². The number of anilines is 6. The van der Waals surface area contributed by atoms with Gasteiger partial charge in [-0.15, -0.1) is 0 Å². The number of benzene rings is 12. The van der Waals surface area contributed by atoms with Crippen molar-refractivity contribution < 1.29 is 8.83 Å². The first kappa shape index (κ1) is 46.3. The number of fused-ring (bicyclic) bond motifs is 17. The van der Waals surface area contributed by atoms with Crippen molar-refractivity contribution in [3.8, 4) is 11.1 Å². The lowest BCUT2D eigenvalue weighted by Crippen LogP contribution is -2.21. The zero-order chi connectivity index (χ0) is 53.4. The quantitative estimate of drug-likeness (QED) is 0.155. The molecule has 16 rings (SSSR count). The van der Waals surface area contributed by atoms with Crippen molar-refractivity contribution in [1.82, 2.24) is 0 Å². The highest BCUT2D eigenvalue weighted by Gasteiger charge is 2.31. The Hall–Kier alpha value is -9.84. The summed E-state index contributed by atoms with van der Waals surface area (Å²) in [5, 5.41) is 13.5. The minimum atomic E-state index is -0.283. The van der Waals surface area contributed by atoms with Crippen molar-refractivity contribution in [3.63, 3.8) is 0 Å². The van der Waals surface area contributed by atoms with Gasteiger partial charge in [-0.3, -0.25) is 0 Å². The molecule has 0 bridgehead atoms. The molecule has 14 aromatic rings. The van der Waals surface area contributed by atoms with Gasteiger partial charge in [0.1, 0.15) is 16.7 Å². The Morgan fingerprint density at radius 3 is 1.99 bits per heavy atom. The molecule has 12 aromatic carbocycles. The molecule has 4 heterocycles. The second kappa shape index (κ2) is 17.6. The van der Waals surface area contributed by atoms with Crippen LogP contribution in [0.4, 0.5) is 34.1 Å². The SMILES string of the molecule is Cc1ccc2c(c1)cc(N(c1ccccc1)c1cc3cc(C(C)(C)C)c4oc5c(N6C=CC(c7ccccc7)=CC6)cccc5c4c3c3c1ccc1c4cc(N5Cc6ccccc6-c6ccccc65)ccc4oc13)c1ccccc12. The second-order valence-electron chi connectivity index (χ2n) is 22.9. The lowest BCUT2D eigenvalue weighted by atomic mass is 9.83. The van der Waals surface area contributed by atoms with Crippen LogP contribution in [0, 0.1) is 6.92 Å². The van der Waals surface area contributed by atoms with Crippen LogP contribution in [0.1, 0.15) is 43.0 Å². The van der Waals surface area contributed by atoms with E-state index in [1.54, 1.807) is 0 Å². The average molecular weight is 1030 g/mol. The van der Waals surface area contributed by atoms with Gasteiger partial charge in [-0.2, -0.15) is 0 Å². The van der Waals surface area contributed by atoms with Gasteiger partial charge in [0.05, 0.1) is 17.1 Å². The molecule has 2 aromatic heterocycles. The Morgan fingerprint density at radius 2 is 1.16 bits per heavy atom. The first-order valence-electron chi connectivity index (χ1n) is 27.9. The molecular weight excluding hydrogens is 975 g/mol. The largest absolute Gasteiger partial charge is 0.455 e. The standard InChI is InChI=1S/C75H55N3O2/c1-46-30-32-55-50(40-46)42-66(58-26-14-13-24-56(55)58)78(52-21-9-6-10-22-52)67-43-51-41-63(75(2,3)4)74-71(61-27-17-29-65(72(61)80-74)76-38-36-48(37-39-76)47-18-7-5-8-19-47)69(51)70-60(67)34-33-59-62-44-53(31-35-68(62)79-73(59)70)77-45-49-20-11-12-23-54(49)57-25-15-16-28-64(57)77/h5-38,40-44H,39,45H2,1-4H3. The van der Waals surface area contributed by atoms with Crippen molar-refractivity contribution in [2.45, 2.75) is 39.7 Å². The third-order valence-electron chi connectivity index (χ3n) is 17.0. The van der Waals surface area contributed by atoms with E-state index in [9.17, 15) is 0 Å². The summed E-state index contributed by atoms with van der Waals surface area (Å²) in [4.78, 5) is 7.27. The molecule has 0 atom stereocenters. The van der Waals surface area contributed by atoms with Crippen molar-refractivity contribution >= 4 is 127 Å². The lowest BCUT2D eigenvalue weighted by Gasteiger charge is -2.33. The van der Waals surface area contributed by atoms with E-state index >= 15 is 0 Å². The van der Waals surface area contributed by atoms with Gasteiger partial charge in [-0.1, -0.05) is 184 Å². The summed E-state index contributed by atoms with van der Waals surface area (Å²) < 4.78 is 14.9. The first-order valence-corrected chi connectivity index (χ1v) is 27.9. The fourth-order valence-electron chi connectivity index (χ4n) is 13.3. The zero-order valence-corrected chi connectivity index (χ0v) is 45.1. The summed E-state index contributed by atoms with van der Waals surface area (Å²) in [5.41, 5.74) is 18.4. The van der Waals surface area contributed by atoms with E-state index in [-0.39, 0.29) is 5.41 Å². The topological polar surface area (TPSA) is 36.0 Å². The highest BCUT2D eigenvalue weighted by atomic mass is 16.3. The van der Waals surface area contributed by atoms with Gasteiger partial charge in [-0.05, 0) is 129 Å². The molecule has 5 heteroatoms. The van der Waals surface area contributed by atoms with Gasteiger partial charge in [0.2, 0.25) is 0 Å². The molecule has 0 saturated carbocycles. The van der Waals surface area contributed by atoms with E-state index in [4.69, 9.17) is 8.83 Å². The van der Waals surface area contributed by atoms with Crippen molar-refractivity contribution in [3.05, 3.63) is 259 Å². The van der Waals surface area contributed by atoms with Crippen molar-refractivity contribution in [2.24, 2.45) is 0 Å². The Labute approximate surface area is 464 Å². The Morgan fingerprint density at radius 1 is 0.475 bits per heavy atom. The van der Waals surface area contributed by atoms with Crippen LogP contribution < -0.4 is 14.7 Å². The molecule has 0 radical (unpaired) electrons. The van der Waals surface area contributed by atoms with Crippen LogP contribution in [-0.2, 0) is 12.0 Å². The third-order valence-corrected chi connectivity index (χ3v) is 17.0. The fraction of sp³-hybridized carbons (Fsp3) is 0.0933. The predicted octanol–water partition coefficient (Wildman–Crippen LogP) is 20.9. The molecule has 2 aliphatic rings. The van der Waals surface area contributed by atoms with E-state index in [2.05, 4.69) is 279 Å². The maximum absolute atomic E-state index is 7.44. The lowest BCUT2D eigenvalue weighted by molar-refractivity contribution is 0.573. The molecule has 0 aliphatic carbocycles. The number of allylic oxidation sites excluding steroid dienone is 2. The number of hydrogen-bond acceptors (Lipinski definition) is 5. The van der Waals surface area contributed by atoms with E-state index in [1.165, 1.54) is 60.6 Å². The molecule has 0 spiro atoms. The number of hydrogen-bond donors (Lipinski definition) is 0. The van der Waals surface area contributed by atoms with Crippen molar-refractivity contribution in [2.75, 3.05) is 21.2 Å². The summed E-state index contributed by atoms with van der Waals surface area (Å²) in [6, 6.07) is 80.2. The Kier molecular flexibility index (Phi) is 10.2. The summed E-state index contributed by atoms with van der Waals surface area (Å²) in [6.45, 7) is 10.6. The van der Waals surface area contributed by atoms with E-state index < -0.39 is 0 Å². The van der Waals surface area contributed by atoms with Gasteiger partial charge in [-0.25, -0.2) is 0 Å². The maximum Gasteiger partial charge on any atom is 0.159 e. The van der Waals surface area contributed by atoms with Gasteiger partial charge in [0, 0.05) is 90.6 Å². The Balaban J connectivity index is 1.01. The monoisotopic (exact) mass is 1030 g/mol. The fourth-order valence-corrected chi connectivity index (χ4v) is 13.3. The third kappa shape index (κ3) is 7.10. The molecule has 2 aliphatic heterocycles. The molecule has 0 N–H and O–H groups in total. The molecule has 0 amide bonds. The number of nitrogens with zero attached hydrogens (tertiary/aromatic N) is 3. The molecule has 0 unspecified atom stereocenters. The van der Waals surface area contributed by atoms with Gasteiger partial charge < -0.3 is 23.5 Å². The summed E-state index contributed by atoms with van der Waals surface area (Å²) in [7, 11) is 0. The molecule has 0 saturated heterocycles. The normalized spacial score (nSPS) is 13.6. The smallest absolute Gasteiger partial charge is 0.159 e.